The number of hydrogen-bond acceptors (Lipinski definition) is 4. The van der Waals surface area contributed by atoms with E-state index in [0.717, 1.165) is 10.9 Å². The lowest BCUT2D eigenvalue weighted by molar-refractivity contribution is 0.0437. The van der Waals surface area contributed by atoms with Gasteiger partial charge in [0, 0.05) is 16.5 Å². The molecule has 0 aliphatic rings. The first kappa shape index (κ1) is 13.9. The molecule has 2 aromatic carbocycles. The zero-order valence-electron chi connectivity index (χ0n) is 12.0. The number of benzene rings is 2. The van der Waals surface area contributed by atoms with Gasteiger partial charge < -0.3 is 9.15 Å². The van der Waals surface area contributed by atoms with E-state index in [4.69, 9.17) is 14.4 Å². The van der Waals surface area contributed by atoms with E-state index in [1.165, 1.54) is 0 Å². The fourth-order valence-electron chi connectivity index (χ4n) is 2.33. The van der Waals surface area contributed by atoms with Crippen LogP contribution in [0.3, 0.4) is 0 Å². The third kappa shape index (κ3) is 2.45. The Kier molecular flexibility index (Phi) is 3.63. The number of fused-ring (bicyclic) bond motifs is 1. The summed E-state index contributed by atoms with van der Waals surface area (Å²) in [6.45, 7) is 1.87. The largest absolute Gasteiger partial charge is 0.455 e. The van der Waals surface area contributed by atoms with Crippen molar-refractivity contribution in [3.05, 3.63) is 71.0 Å². The quantitative estimate of drug-likeness (QED) is 0.685. The van der Waals surface area contributed by atoms with Gasteiger partial charge in [-0.3, -0.25) is 0 Å². The molecule has 3 rings (SSSR count). The second-order valence-corrected chi connectivity index (χ2v) is 4.90. The lowest BCUT2D eigenvalue weighted by atomic mass is 10.1. The normalized spacial score (nSPS) is 10.4. The molecule has 0 spiro atoms. The average Bonchev–Trinajstić information content (AvgIpc) is 2.90. The van der Waals surface area contributed by atoms with Gasteiger partial charge in [0.05, 0.1) is 11.6 Å². The lowest BCUT2D eigenvalue weighted by Crippen LogP contribution is -2.06. The van der Waals surface area contributed by atoms with Crippen LogP contribution in [-0.4, -0.2) is 5.97 Å². The third-order valence-electron chi connectivity index (χ3n) is 3.53. The Hall–Kier alpha value is -3.06. The van der Waals surface area contributed by atoms with Crippen LogP contribution in [0.2, 0.25) is 0 Å². The Morgan fingerprint density at radius 3 is 2.68 bits per heavy atom. The first-order valence-corrected chi connectivity index (χ1v) is 6.84. The van der Waals surface area contributed by atoms with Crippen LogP contribution in [0.25, 0.3) is 11.0 Å². The van der Waals surface area contributed by atoms with Crippen molar-refractivity contribution in [2.75, 3.05) is 0 Å². The van der Waals surface area contributed by atoms with E-state index in [9.17, 15) is 4.79 Å². The summed E-state index contributed by atoms with van der Waals surface area (Å²) < 4.78 is 10.8. The summed E-state index contributed by atoms with van der Waals surface area (Å²) in [5, 5.41) is 9.93. The van der Waals surface area contributed by atoms with Gasteiger partial charge in [0.2, 0.25) is 5.76 Å². The van der Waals surface area contributed by atoms with Gasteiger partial charge in [-0.15, -0.1) is 0 Å². The zero-order valence-corrected chi connectivity index (χ0v) is 12.0. The minimum absolute atomic E-state index is 0.0407. The van der Waals surface area contributed by atoms with Gasteiger partial charge in [-0.1, -0.05) is 36.4 Å². The van der Waals surface area contributed by atoms with Gasteiger partial charge in [0.25, 0.3) is 0 Å². The number of aryl methyl sites for hydroxylation is 1. The fourth-order valence-corrected chi connectivity index (χ4v) is 2.33. The molecule has 4 nitrogen and oxygen atoms in total. The molecule has 0 N–H and O–H groups in total. The van der Waals surface area contributed by atoms with E-state index in [1.54, 1.807) is 24.3 Å². The number of esters is 1. The van der Waals surface area contributed by atoms with E-state index in [0.29, 0.717) is 16.7 Å². The first-order chi connectivity index (χ1) is 10.7. The molecule has 0 aliphatic heterocycles. The van der Waals surface area contributed by atoms with Crippen LogP contribution in [0.15, 0.2) is 52.9 Å². The molecule has 22 heavy (non-hydrogen) atoms. The summed E-state index contributed by atoms with van der Waals surface area (Å²) in [6, 6.07) is 16.6. The highest BCUT2D eigenvalue weighted by Crippen LogP contribution is 2.25. The van der Waals surface area contributed by atoms with Crippen molar-refractivity contribution < 1.29 is 13.9 Å². The monoisotopic (exact) mass is 291 g/mol. The number of nitriles is 1. The molecular formula is C18H13NO3. The molecule has 0 saturated heterocycles. The Balaban J connectivity index is 1.82. The van der Waals surface area contributed by atoms with Gasteiger partial charge in [0.1, 0.15) is 12.2 Å². The second kappa shape index (κ2) is 5.74. The summed E-state index contributed by atoms with van der Waals surface area (Å²) in [5.74, 6) is -0.322. The summed E-state index contributed by atoms with van der Waals surface area (Å²) in [4.78, 5) is 12.2. The summed E-state index contributed by atoms with van der Waals surface area (Å²) in [5.41, 5.74) is 2.59. The van der Waals surface area contributed by atoms with Crippen LogP contribution in [0.4, 0.5) is 0 Å². The van der Waals surface area contributed by atoms with E-state index in [1.807, 2.05) is 31.2 Å². The predicted octanol–water partition coefficient (Wildman–Crippen LogP) is 3.97. The number of ether oxygens (including phenoxy) is 1. The summed E-state index contributed by atoms with van der Waals surface area (Å²) in [7, 11) is 0. The number of para-hydroxylation sites is 1. The molecule has 1 heterocycles. The molecule has 1 aromatic heterocycles. The van der Waals surface area contributed by atoms with Crippen molar-refractivity contribution in [1.29, 1.82) is 5.26 Å². The van der Waals surface area contributed by atoms with Gasteiger partial charge in [-0.05, 0) is 19.1 Å². The molecule has 0 saturated carbocycles. The number of rotatable bonds is 3. The molecule has 0 aliphatic carbocycles. The predicted molar refractivity (Wildman–Crippen MR) is 81.2 cm³/mol. The number of nitrogens with zero attached hydrogens (tertiary/aromatic N) is 1. The topological polar surface area (TPSA) is 63.2 Å². The SMILES string of the molecule is Cc1c(C(=O)OCc2ccccc2C#N)oc2ccccc12. The van der Waals surface area contributed by atoms with Crippen molar-refractivity contribution >= 4 is 16.9 Å². The molecule has 0 fully saturated rings. The van der Waals surface area contributed by atoms with E-state index in [2.05, 4.69) is 6.07 Å². The van der Waals surface area contributed by atoms with Gasteiger partial charge in [-0.2, -0.15) is 5.26 Å². The van der Waals surface area contributed by atoms with Crippen LogP contribution >= 0.6 is 0 Å². The van der Waals surface area contributed by atoms with Gasteiger partial charge in [0.15, 0.2) is 0 Å². The maximum Gasteiger partial charge on any atom is 0.374 e. The molecule has 0 amide bonds. The molecule has 0 bridgehead atoms. The molecule has 0 radical (unpaired) electrons. The van der Waals surface area contributed by atoms with Crippen LogP contribution < -0.4 is 0 Å². The number of furan rings is 1. The highest BCUT2D eigenvalue weighted by molar-refractivity contribution is 5.95. The van der Waals surface area contributed by atoms with Crippen LogP contribution in [-0.2, 0) is 11.3 Å². The summed E-state index contributed by atoms with van der Waals surface area (Å²) in [6.07, 6.45) is 0. The lowest BCUT2D eigenvalue weighted by Gasteiger charge is -2.05. The average molecular weight is 291 g/mol. The number of hydrogen-bond donors (Lipinski definition) is 0. The zero-order chi connectivity index (χ0) is 15.5. The Bertz CT molecular complexity index is 887. The highest BCUT2D eigenvalue weighted by Gasteiger charge is 2.19. The van der Waals surface area contributed by atoms with Gasteiger partial charge >= 0.3 is 5.97 Å². The molecule has 0 atom stereocenters. The fraction of sp³-hybridized carbons (Fsp3) is 0.111. The minimum Gasteiger partial charge on any atom is -0.455 e. The highest BCUT2D eigenvalue weighted by atomic mass is 16.5. The molecule has 108 valence electrons. The Labute approximate surface area is 127 Å². The standard InChI is InChI=1S/C18H13NO3/c1-12-15-8-4-5-9-16(15)22-17(12)18(20)21-11-14-7-3-2-6-13(14)10-19/h2-9H,11H2,1H3. The van der Waals surface area contributed by atoms with Crippen molar-refractivity contribution in [1.82, 2.24) is 0 Å². The second-order valence-electron chi connectivity index (χ2n) is 4.90. The van der Waals surface area contributed by atoms with Crippen LogP contribution in [0.5, 0.6) is 0 Å². The van der Waals surface area contributed by atoms with Crippen LogP contribution in [0.1, 0.15) is 27.2 Å². The number of carbonyl (C=O) groups is 1. The van der Waals surface area contributed by atoms with Crippen molar-refractivity contribution in [3.63, 3.8) is 0 Å². The van der Waals surface area contributed by atoms with Crippen molar-refractivity contribution in [2.24, 2.45) is 0 Å². The smallest absolute Gasteiger partial charge is 0.374 e. The maximum absolute atomic E-state index is 12.2. The molecule has 4 heteroatoms. The minimum atomic E-state index is -0.526. The summed E-state index contributed by atoms with van der Waals surface area (Å²) >= 11 is 0. The number of carbonyl (C=O) groups excluding carboxylic acids is 1. The van der Waals surface area contributed by atoms with E-state index in [-0.39, 0.29) is 12.4 Å². The first-order valence-electron chi connectivity index (χ1n) is 6.84. The Morgan fingerprint density at radius 1 is 1.18 bits per heavy atom. The van der Waals surface area contributed by atoms with Gasteiger partial charge in [-0.25, -0.2) is 4.79 Å². The van der Waals surface area contributed by atoms with Crippen molar-refractivity contribution in [2.45, 2.75) is 13.5 Å². The molecule has 3 aromatic rings. The van der Waals surface area contributed by atoms with Crippen LogP contribution in [0, 0.1) is 18.3 Å². The molecular weight excluding hydrogens is 278 g/mol. The third-order valence-corrected chi connectivity index (χ3v) is 3.53. The Morgan fingerprint density at radius 2 is 1.91 bits per heavy atom. The van der Waals surface area contributed by atoms with E-state index >= 15 is 0 Å². The van der Waals surface area contributed by atoms with E-state index < -0.39 is 5.97 Å². The van der Waals surface area contributed by atoms with Crippen molar-refractivity contribution in [3.8, 4) is 6.07 Å². The maximum atomic E-state index is 12.2. The molecule has 0 unspecified atom stereocenters.